The first-order chi connectivity index (χ1) is 16.6. The third-order valence-corrected chi connectivity index (χ3v) is 7.21. The van der Waals surface area contributed by atoms with Gasteiger partial charge in [-0.1, -0.05) is 47.1 Å². The van der Waals surface area contributed by atoms with E-state index >= 15 is 0 Å². The zero-order valence-corrected chi connectivity index (χ0v) is 20.3. The average Bonchev–Trinajstić information content (AvgIpc) is 3.51. The van der Waals surface area contributed by atoms with Crippen molar-refractivity contribution >= 4 is 23.4 Å². The van der Waals surface area contributed by atoms with Crippen molar-refractivity contribution in [3.05, 3.63) is 71.1 Å². The lowest BCUT2D eigenvalue weighted by Crippen LogP contribution is -2.33. The molecule has 0 N–H and O–H groups in total. The van der Waals surface area contributed by atoms with Crippen LogP contribution in [0.15, 0.2) is 58.2 Å². The highest BCUT2D eigenvalue weighted by Crippen LogP contribution is 2.31. The molecule has 176 valence electrons. The van der Waals surface area contributed by atoms with Gasteiger partial charge in [-0.15, -0.1) is 10.2 Å². The van der Waals surface area contributed by atoms with E-state index in [1.807, 2.05) is 22.8 Å². The Bertz CT molecular complexity index is 1250. The monoisotopic (exact) mass is 498 g/mol. The van der Waals surface area contributed by atoms with Gasteiger partial charge in [0.05, 0.1) is 16.8 Å². The fraction of sp³-hybridized carbons (Fsp3) is 0.333. The lowest BCUT2D eigenvalue weighted by molar-refractivity contribution is 0.167. The highest BCUT2D eigenvalue weighted by Gasteiger charge is 2.26. The molecule has 1 atom stereocenters. The fourth-order valence-corrected chi connectivity index (χ4v) is 5.16. The first-order valence-electron chi connectivity index (χ1n) is 11.3. The van der Waals surface area contributed by atoms with Crippen molar-refractivity contribution in [2.24, 2.45) is 0 Å². The summed E-state index contributed by atoms with van der Waals surface area (Å²) in [5.41, 5.74) is 1.53. The van der Waals surface area contributed by atoms with Crippen LogP contribution in [-0.2, 0) is 5.75 Å². The van der Waals surface area contributed by atoms with E-state index in [0.717, 1.165) is 30.2 Å². The Hall–Kier alpha value is -2.75. The molecule has 7 nitrogen and oxygen atoms in total. The van der Waals surface area contributed by atoms with E-state index in [-0.39, 0.29) is 11.9 Å². The number of likely N-dealkylation sites (tertiary alicyclic amines) is 1. The molecular weight excluding hydrogens is 475 g/mol. The maximum Gasteiger partial charge on any atom is 0.237 e. The maximum absolute atomic E-state index is 13.6. The quantitative estimate of drug-likeness (QED) is 0.291. The zero-order chi connectivity index (χ0) is 23.5. The van der Waals surface area contributed by atoms with Crippen LogP contribution in [0.5, 0.6) is 0 Å². The Morgan fingerprint density at radius 3 is 2.59 bits per heavy atom. The summed E-state index contributed by atoms with van der Waals surface area (Å²) >= 11 is 7.70. The number of nitrogens with zero attached hydrogens (tertiary/aromatic N) is 6. The predicted octanol–water partition coefficient (Wildman–Crippen LogP) is 5.95. The van der Waals surface area contributed by atoms with Crippen LogP contribution in [-0.4, -0.2) is 42.9 Å². The molecule has 0 bridgehead atoms. The minimum absolute atomic E-state index is 0.0856. The molecule has 0 radical (unpaired) electrons. The molecule has 0 unspecified atom stereocenters. The number of rotatable bonds is 7. The smallest absolute Gasteiger partial charge is 0.237 e. The average molecular weight is 499 g/mol. The van der Waals surface area contributed by atoms with Crippen LogP contribution in [0.1, 0.15) is 43.9 Å². The minimum atomic E-state index is -0.283. The lowest BCUT2D eigenvalue weighted by Gasteiger charge is -2.31. The van der Waals surface area contributed by atoms with E-state index in [4.69, 9.17) is 16.1 Å². The van der Waals surface area contributed by atoms with E-state index in [9.17, 15) is 4.39 Å². The summed E-state index contributed by atoms with van der Waals surface area (Å²) in [5, 5.41) is 14.3. The summed E-state index contributed by atoms with van der Waals surface area (Å²) < 4.78 is 21.1. The van der Waals surface area contributed by atoms with Crippen molar-refractivity contribution in [1.82, 2.24) is 29.8 Å². The van der Waals surface area contributed by atoms with E-state index in [1.54, 1.807) is 18.2 Å². The van der Waals surface area contributed by atoms with Crippen LogP contribution in [0.4, 0.5) is 4.39 Å². The van der Waals surface area contributed by atoms with E-state index in [0.29, 0.717) is 27.6 Å². The Morgan fingerprint density at radius 1 is 1.06 bits per heavy atom. The third kappa shape index (κ3) is 4.87. The van der Waals surface area contributed by atoms with Crippen molar-refractivity contribution in [2.45, 2.75) is 43.1 Å². The minimum Gasteiger partial charge on any atom is -0.338 e. The molecule has 0 aliphatic carbocycles. The number of hydrogen-bond donors (Lipinski definition) is 0. The van der Waals surface area contributed by atoms with E-state index < -0.39 is 0 Å². The molecule has 0 amide bonds. The number of piperidine rings is 1. The molecule has 34 heavy (non-hydrogen) atoms. The highest BCUT2D eigenvalue weighted by atomic mass is 35.5. The lowest BCUT2D eigenvalue weighted by atomic mass is 10.1. The van der Waals surface area contributed by atoms with E-state index in [2.05, 4.69) is 32.2 Å². The molecule has 1 fully saturated rings. The summed E-state index contributed by atoms with van der Waals surface area (Å²) in [6.45, 7) is 4.22. The summed E-state index contributed by atoms with van der Waals surface area (Å²) in [7, 11) is 0. The van der Waals surface area contributed by atoms with Crippen molar-refractivity contribution in [3.8, 4) is 17.1 Å². The van der Waals surface area contributed by atoms with Gasteiger partial charge in [-0.2, -0.15) is 4.98 Å². The Kier molecular flexibility index (Phi) is 6.94. The maximum atomic E-state index is 13.6. The second-order valence-electron chi connectivity index (χ2n) is 8.21. The molecule has 3 heterocycles. The first-order valence-corrected chi connectivity index (χ1v) is 12.6. The molecule has 4 aromatic rings. The molecule has 1 aliphatic heterocycles. The molecule has 10 heteroatoms. The summed E-state index contributed by atoms with van der Waals surface area (Å²) in [6.07, 6.45) is 3.62. The van der Waals surface area contributed by atoms with Gasteiger partial charge in [-0.25, -0.2) is 4.39 Å². The number of benzene rings is 2. The predicted molar refractivity (Wildman–Crippen MR) is 129 cm³/mol. The topological polar surface area (TPSA) is 72.9 Å². The molecule has 1 saturated heterocycles. The van der Waals surface area contributed by atoms with Gasteiger partial charge in [0.15, 0.2) is 11.0 Å². The number of aromatic nitrogens is 5. The van der Waals surface area contributed by atoms with Gasteiger partial charge >= 0.3 is 0 Å². The van der Waals surface area contributed by atoms with Gasteiger partial charge in [-0.05, 0) is 69.3 Å². The summed E-state index contributed by atoms with van der Waals surface area (Å²) in [4.78, 5) is 6.91. The van der Waals surface area contributed by atoms with Gasteiger partial charge in [0.2, 0.25) is 11.7 Å². The normalized spacial score (nSPS) is 15.5. The summed E-state index contributed by atoms with van der Waals surface area (Å²) in [6, 6.07) is 13.9. The molecule has 0 saturated carbocycles. The van der Waals surface area contributed by atoms with Gasteiger partial charge in [-0.3, -0.25) is 9.47 Å². The molecular formula is C24H24ClFN6OS. The van der Waals surface area contributed by atoms with Crippen LogP contribution in [0.2, 0.25) is 5.02 Å². The molecule has 2 aromatic carbocycles. The van der Waals surface area contributed by atoms with Crippen LogP contribution in [0.3, 0.4) is 0 Å². The second-order valence-corrected chi connectivity index (χ2v) is 9.56. The van der Waals surface area contributed by atoms with Crippen LogP contribution < -0.4 is 0 Å². The van der Waals surface area contributed by atoms with Crippen molar-refractivity contribution < 1.29 is 8.91 Å². The highest BCUT2D eigenvalue weighted by molar-refractivity contribution is 7.98. The number of hydrogen-bond acceptors (Lipinski definition) is 7. The Labute approximate surface area is 206 Å². The SMILES string of the molecule is C[C@H](c1nnc(SCc2nc(-c3ccccc3Cl)no2)n1-c1ccc(F)cc1)N1CCCCC1. The second kappa shape index (κ2) is 10.2. The van der Waals surface area contributed by atoms with Crippen molar-refractivity contribution in [3.63, 3.8) is 0 Å². The van der Waals surface area contributed by atoms with Gasteiger partial charge < -0.3 is 4.52 Å². The molecule has 0 spiro atoms. The van der Waals surface area contributed by atoms with Crippen molar-refractivity contribution in [1.29, 1.82) is 0 Å². The van der Waals surface area contributed by atoms with Crippen LogP contribution >= 0.6 is 23.4 Å². The van der Waals surface area contributed by atoms with E-state index in [1.165, 1.54) is 43.2 Å². The Balaban J connectivity index is 1.41. The zero-order valence-electron chi connectivity index (χ0n) is 18.7. The number of thioether (sulfide) groups is 1. The molecule has 5 rings (SSSR count). The Morgan fingerprint density at radius 2 is 1.82 bits per heavy atom. The van der Waals surface area contributed by atoms with Gasteiger partial charge in [0.25, 0.3) is 0 Å². The van der Waals surface area contributed by atoms with Crippen molar-refractivity contribution in [2.75, 3.05) is 13.1 Å². The molecule has 1 aliphatic rings. The largest absolute Gasteiger partial charge is 0.338 e. The number of halogens is 2. The standard InChI is InChI=1S/C24H24ClFN6OS/c1-16(31-13-5-2-6-14-31)23-28-29-24(32(23)18-11-9-17(26)10-12-18)34-15-21-27-22(30-33-21)19-7-3-4-8-20(19)25/h3-4,7-12,16H,2,5-6,13-15H2,1H3/t16-/m1/s1. The van der Waals surface area contributed by atoms with Gasteiger partial charge in [0.1, 0.15) is 5.82 Å². The fourth-order valence-electron chi connectivity index (χ4n) is 4.14. The summed E-state index contributed by atoms with van der Waals surface area (Å²) in [5.74, 6) is 1.86. The third-order valence-electron chi connectivity index (χ3n) is 5.96. The van der Waals surface area contributed by atoms with Gasteiger partial charge in [0, 0.05) is 11.3 Å². The van der Waals surface area contributed by atoms with Crippen LogP contribution in [0.25, 0.3) is 17.1 Å². The van der Waals surface area contributed by atoms with Crippen LogP contribution in [0, 0.1) is 5.82 Å². The molecule has 2 aromatic heterocycles. The first kappa shape index (κ1) is 23.0.